The van der Waals surface area contributed by atoms with Crippen LogP contribution in [0.1, 0.15) is 24.0 Å². The van der Waals surface area contributed by atoms with Gasteiger partial charge in [0.05, 0.1) is 19.2 Å². The Labute approximate surface area is 161 Å². The lowest BCUT2D eigenvalue weighted by molar-refractivity contribution is -0.137. The van der Waals surface area contributed by atoms with Crippen molar-refractivity contribution in [1.82, 2.24) is 9.88 Å². The molecule has 0 saturated carbocycles. The summed E-state index contributed by atoms with van der Waals surface area (Å²) in [6.45, 7) is 0.866. The van der Waals surface area contributed by atoms with Crippen LogP contribution in [0.3, 0.4) is 0 Å². The topological polar surface area (TPSA) is 51.7 Å². The van der Waals surface area contributed by atoms with Crippen LogP contribution in [0.25, 0.3) is 0 Å². The number of nitrogens with zero attached hydrogens (tertiary/aromatic N) is 2. The van der Waals surface area contributed by atoms with E-state index in [1.165, 1.54) is 0 Å². The number of hydrogen-bond acceptors (Lipinski definition) is 4. The van der Waals surface area contributed by atoms with Crippen molar-refractivity contribution in [3.8, 4) is 11.6 Å². The maximum Gasteiger partial charge on any atom is 0.416 e. The van der Waals surface area contributed by atoms with Crippen molar-refractivity contribution >= 4 is 5.91 Å². The first kappa shape index (κ1) is 20.0. The summed E-state index contributed by atoms with van der Waals surface area (Å²) in [7, 11) is 1.60. The van der Waals surface area contributed by atoms with Crippen LogP contribution in [-0.2, 0) is 17.4 Å². The van der Waals surface area contributed by atoms with E-state index >= 15 is 0 Å². The second-order valence-corrected chi connectivity index (χ2v) is 6.60. The number of pyridine rings is 1. The van der Waals surface area contributed by atoms with Gasteiger partial charge in [-0.2, -0.15) is 13.2 Å². The molecule has 1 atom stereocenters. The van der Waals surface area contributed by atoms with Gasteiger partial charge in [0.15, 0.2) is 0 Å². The zero-order valence-corrected chi connectivity index (χ0v) is 15.4. The highest BCUT2D eigenvalue weighted by molar-refractivity contribution is 5.76. The molecule has 1 aliphatic heterocycles. The van der Waals surface area contributed by atoms with Gasteiger partial charge in [-0.1, -0.05) is 12.1 Å². The van der Waals surface area contributed by atoms with Gasteiger partial charge in [0.2, 0.25) is 11.8 Å². The van der Waals surface area contributed by atoms with E-state index in [0.717, 1.165) is 29.6 Å². The Morgan fingerprint density at radius 2 is 2.00 bits per heavy atom. The average Bonchev–Trinajstić information content (AvgIpc) is 3.14. The first-order valence-corrected chi connectivity index (χ1v) is 8.96. The smallest absolute Gasteiger partial charge is 0.416 e. The number of benzene rings is 1. The van der Waals surface area contributed by atoms with Gasteiger partial charge in [-0.25, -0.2) is 4.98 Å². The minimum atomic E-state index is -4.44. The summed E-state index contributed by atoms with van der Waals surface area (Å²) in [6.07, 6.45) is -2.20. The van der Waals surface area contributed by atoms with Crippen LogP contribution >= 0.6 is 0 Å². The number of aromatic nitrogens is 1. The van der Waals surface area contributed by atoms with Crippen LogP contribution in [0.2, 0.25) is 0 Å². The van der Waals surface area contributed by atoms with E-state index < -0.39 is 11.7 Å². The van der Waals surface area contributed by atoms with E-state index in [1.54, 1.807) is 12.0 Å². The molecular formula is C20H21F3N2O3. The Kier molecular flexibility index (Phi) is 6.06. The van der Waals surface area contributed by atoms with Crippen LogP contribution in [0.5, 0.6) is 11.6 Å². The highest BCUT2D eigenvalue weighted by atomic mass is 19.4. The summed E-state index contributed by atoms with van der Waals surface area (Å²) in [5, 5.41) is 0. The second kappa shape index (κ2) is 8.50. The number of halogens is 3. The molecule has 2 heterocycles. The minimum Gasteiger partial charge on any atom is -0.497 e. The second-order valence-electron chi connectivity index (χ2n) is 6.60. The van der Waals surface area contributed by atoms with Crippen molar-refractivity contribution in [2.75, 3.05) is 20.2 Å². The number of rotatable bonds is 6. The number of carbonyl (C=O) groups excluding carboxylic acids is 1. The van der Waals surface area contributed by atoms with E-state index in [9.17, 15) is 18.0 Å². The van der Waals surface area contributed by atoms with Crippen LogP contribution in [0.15, 0.2) is 42.6 Å². The lowest BCUT2D eigenvalue weighted by atomic mass is 10.1. The van der Waals surface area contributed by atoms with E-state index in [0.29, 0.717) is 32.4 Å². The highest BCUT2D eigenvalue weighted by Gasteiger charge is 2.32. The molecule has 8 heteroatoms. The van der Waals surface area contributed by atoms with Gasteiger partial charge in [-0.3, -0.25) is 4.79 Å². The summed E-state index contributed by atoms with van der Waals surface area (Å²) in [6, 6.07) is 9.32. The maximum atomic E-state index is 12.8. The molecule has 1 fully saturated rings. The molecule has 1 unspecified atom stereocenters. The minimum absolute atomic E-state index is 0.00100. The summed E-state index contributed by atoms with van der Waals surface area (Å²) in [4.78, 5) is 17.9. The van der Waals surface area contributed by atoms with Crippen molar-refractivity contribution in [1.29, 1.82) is 0 Å². The number of ether oxygens (including phenoxy) is 2. The fraction of sp³-hybridized carbons (Fsp3) is 0.400. The molecule has 0 aliphatic carbocycles. The molecule has 1 aromatic heterocycles. The first-order valence-electron chi connectivity index (χ1n) is 8.96. The van der Waals surface area contributed by atoms with Crippen molar-refractivity contribution < 1.29 is 27.4 Å². The number of aryl methyl sites for hydroxylation is 1. The van der Waals surface area contributed by atoms with Crippen LogP contribution in [-0.4, -0.2) is 42.1 Å². The van der Waals surface area contributed by atoms with Gasteiger partial charge in [0.1, 0.15) is 11.9 Å². The van der Waals surface area contributed by atoms with Gasteiger partial charge in [0, 0.05) is 31.6 Å². The molecule has 1 amide bonds. The molecular weight excluding hydrogens is 373 g/mol. The molecule has 0 spiro atoms. The zero-order valence-electron chi connectivity index (χ0n) is 15.4. The average molecular weight is 394 g/mol. The molecule has 0 radical (unpaired) electrons. The third-order valence-corrected chi connectivity index (χ3v) is 4.63. The number of alkyl halides is 3. The van der Waals surface area contributed by atoms with E-state index in [4.69, 9.17) is 9.47 Å². The SMILES string of the molecule is COc1ccc(CCC(=O)N2CCC(Oc3cc(C(F)(F)F)ccn3)C2)cc1. The zero-order chi connectivity index (χ0) is 20.1. The molecule has 5 nitrogen and oxygen atoms in total. The molecule has 2 aromatic rings. The monoisotopic (exact) mass is 394 g/mol. The third kappa shape index (κ3) is 5.15. The fourth-order valence-electron chi connectivity index (χ4n) is 3.07. The van der Waals surface area contributed by atoms with Crippen LogP contribution < -0.4 is 9.47 Å². The van der Waals surface area contributed by atoms with Crippen molar-refractivity contribution in [2.24, 2.45) is 0 Å². The molecule has 1 saturated heterocycles. The van der Waals surface area contributed by atoms with Crippen molar-refractivity contribution in [3.63, 3.8) is 0 Å². The number of carbonyl (C=O) groups is 1. The number of methoxy groups -OCH3 is 1. The van der Waals surface area contributed by atoms with Gasteiger partial charge in [-0.15, -0.1) is 0 Å². The quantitative estimate of drug-likeness (QED) is 0.749. The number of likely N-dealkylation sites (tertiary alicyclic amines) is 1. The summed E-state index contributed by atoms with van der Waals surface area (Å²) >= 11 is 0. The predicted octanol–water partition coefficient (Wildman–Crippen LogP) is 3.72. The highest BCUT2D eigenvalue weighted by Crippen LogP contribution is 2.31. The van der Waals surface area contributed by atoms with E-state index in [-0.39, 0.29) is 17.9 Å². The molecule has 1 aromatic carbocycles. The standard InChI is InChI=1S/C20H21F3N2O3/c1-27-16-5-2-14(3-6-16)4-7-19(26)25-11-9-17(13-25)28-18-12-15(8-10-24-18)20(21,22)23/h2-3,5-6,8,10,12,17H,4,7,9,11,13H2,1H3. The fourth-order valence-corrected chi connectivity index (χ4v) is 3.07. The largest absolute Gasteiger partial charge is 0.497 e. The molecule has 0 N–H and O–H groups in total. The lowest BCUT2D eigenvalue weighted by Gasteiger charge is -2.17. The Bertz CT molecular complexity index is 809. The summed E-state index contributed by atoms with van der Waals surface area (Å²) in [5.41, 5.74) is 0.234. The Balaban J connectivity index is 1.50. The van der Waals surface area contributed by atoms with E-state index in [2.05, 4.69) is 4.98 Å². The first-order chi connectivity index (χ1) is 13.3. The van der Waals surface area contributed by atoms with Crippen molar-refractivity contribution in [2.45, 2.75) is 31.5 Å². The van der Waals surface area contributed by atoms with Gasteiger partial charge < -0.3 is 14.4 Å². The lowest BCUT2D eigenvalue weighted by Crippen LogP contribution is -2.31. The van der Waals surface area contributed by atoms with Crippen LogP contribution in [0.4, 0.5) is 13.2 Å². The maximum absolute atomic E-state index is 12.8. The predicted molar refractivity (Wildman–Crippen MR) is 96.2 cm³/mol. The molecule has 150 valence electrons. The van der Waals surface area contributed by atoms with Crippen LogP contribution in [0, 0.1) is 0 Å². The summed E-state index contributed by atoms with van der Waals surface area (Å²) in [5.74, 6) is 0.684. The molecule has 0 bridgehead atoms. The molecule has 3 rings (SSSR count). The molecule has 28 heavy (non-hydrogen) atoms. The third-order valence-electron chi connectivity index (χ3n) is 4.63. The Morgan fingerprint density at radius 1 is 1.25 bits per heavy atom. The number of hydrogen-bond donors (Lipinski definition) is 0. The van der Waals surface area contributed by atoms with Gasteiger partial charge in [-0.05, 0) is 30.2 Å². The number of amides is 1. The van der Waals surface area contributed by atoms with Gasteiger partial charge >= 0.3 is 6.18 Å². The van der Waals surface area contributed by atoms with Gasteiger partial charge in [0.25, 0.3) is 0 Å². The van der Waals surface area contributed by atoms with E-state index in [1.807, 2.05) is 24.3 Å². The molecule has 1 aliphatic rings. The Hall–Kier alpha value is -2.77. The van der Waals surface area contributed by atoms with Crippen molar-refractivity contribution in [3.05, 3.63) is 53.7 Å². The summed E-state index contributed by atoms with van der Waals surface area (Å²) < 4.78 is 49.0. The normalized spacial score (nSPS) is 16.9. The Morgan fingerprint density at radius 3 is 2.68 bits per heavy atom.